The number of nitriles is 1. The summed E-state index contributed by atoms with van der Waals surface area (Å²) >= 11 is 0. The molecular formula is C17H20N4O3. The third-order valence-electron chi connectivity index (χ3n) is 3.81. The molecule has 1 N–H and O–H groups in total. The van der Waals surface area contributed by atoms with Crippen molar-refractivity contribution >= 4 is 17.6 Å². The highest BCUT2D eigenvalue weighted by Crippen LogP contribution is 2.13. The van der Waals surface area contributed by atoms with E-state index in [0.717, 1.165) is 13.1 Å². The number of anilines is 1. The summed E-state index contributed by atoms with van der Waals surface area (Å²) in [6.07, 6.45) is 1.37. The number of ether oxygens (including phenoxy) is 1. The topological polar surface area (TPSA) is 85.7 Å². The van der Waals surface area contributed by atoms with Gasteiger partial charge in [-0.3, -0.25) is 4.79 Å². The van der Waals surface area contributed by atoms with Gasteiger partial charge in [-0.2, -0.15) is 5.26 Å². The highest BCUT2D eigenvalue weighted by Gasteiger charge is 2.22. The average molecular weight is 328 g/mol. The molecule has 0 saturated carbocycles. The molecule has 24 heavy (non-hydrogen) atoms. The molecule has 0 unspecified atom stereocenters. The molecule has 0 atom stereocenters. The molecular weight excluding hydrogens is 308 g/mol. The highest BCUT2D eigenvalue weighted by atomic mass is 16.5. The molecule has 2 rings (SSSR count). The van der Waals surface area contributed by atoms with Crippen LogP contribution in [0.1, 0.15) is 10.4 Å². The fourth-order valence-electron chi connectivity index (χ4n) is 2.33. The van der Waals surface area contributed by atoms with Crippen molar-refractivity contribution in [3.63, 3.8) is 0 Å². The lowest BCUT2D eigenvalue weighted by Gasteiger charge is -2.32. The van der Waals surface area contributed by atoms with Gasteiger partial charge >= 0.3 is 5.97 Å². The van der Waals surface area contributed by atoms with Crippen molar-refractivity contribution in [2.24, 2.45) is 0 Å². The van der Waals surface area contributed by atoms with Crippen LogP contribution < -0.4 is 5.32 Å². The Morgan fingerprint density at radius 2 is 2.00 bits per heavy atom. The second-order valence-corrected chi connectivity index (χ2v) is 5.48. The van der Waals surface area contributed by atoms with Gasteiger partial charge in [-0.1, -0.05) is 6.07 Å². The van der Waals surface area contributed by atoms with Gasteiger partial charge in [-0.05, 0) is 25.2 Å². The normalized spacial score (nSPS) is 15.5. The van der Waals surface area contributed by atoms with Crippen LogP contribution in [0.2, 0.25) is 0 Å². The van der Waals surface area contributed by atoms with E-state index in [1.807, 2.05) is 13.1 Å². The van der Waals surface area contributed by atoms with Gasteiger partial charge in [0, 0.05) is 38.1 Å². The summed E-state index contributed by atoms with van der Waals surface area (Å²) in [6.45, 7) is 2.79. The largest absolute Gasteiger partial charge is 0.465 e. The van der Waals surface area contributed by atoms with Crippen molar-refractivity contribution in [3.8, 4) is 6.07 Å². The third kappa shape index (κ3) is 4.33. The van der Waals surface area contributed by atoms with Crippen molar-refractivity contribution < 1.29 is 14.3 Å². The van der Waals surface area contributed by atoms with E-state index in [0.29, 0.717) is 24.3 Å². The molecule has 1 fully saturated rings. The minimum absolute atomic E-state index is 0.0306. The first-order chi connectivity index (χ1) is 11.5. The Morgan fingerprint density at radius 3 is 2.62 bits per heavy atom. The van der Waals surface area contributed by atoms with Crippen molar-refractivity contribution in [1.82, 2.24) is 9.80 Å². The Morgan fingerprint density at radius 1 is 1.29 bits per heavy atom. The Labute approximate surface area is 141 Å². The summed E-state index contributed by atoms with van der Waals surface area (Å²) in [4.78, 5) is 27.7. The van der Waals surface area contributed by atoms with Crippen molar-refractivity contribution in [2.45, 2.75) is 0 Å². The number of nitrogens with one attached hydrogen (secondary N) is 1. The molecule has 1 aliphatic heterocycles. The van der Waals surface area contributed by atoms with Gasteiger partial charge in [-0.25, -0.2) is 4.79 Å². The van der Waals surface area contributed by atoms with Gasteiger partial charge in [0.05, 0.1) is 12.7 Å². The van der Waals surface area contributed by atoms with Crippen LogP contribution in [0.5, 0.6) is 0 Å². The van der Waals surface area contributed by atoms with Crippen LogP contribution in [0.3, 0.4) is 0 Å². The van der Waals surface area contributed by atoms with Crippen molar-refractivity contribution in [1.29, 1.82) is 5.26 Å². The number of piperazine rings is 1. The molecule has 1 aromatic rings. The number of esters is 1. The van der Waals surface area contributed by atoms with Crippen molar-refractivity contribution in [2.75, 3.05) is 45.7 Å². The van der Waals surface area contributed by atoms with Crippen LogP contribution >= 0.6 is 0 Å². The number of hydrogen-bond acceptors (Lipinski definition) is 6. The van der Waals surface area contributed by atoms with Gasteiger partial charge < -0.3 is 19.9 Å². The molecule has 1 saturated heterocycles. The van der Waals surface area contributed by atoms with Gasteiger partial charge in [0.1, 0.15) is 11.6 Å². The summed E-state index contributed by atoms with van der Waals surface area (Å²) < 4.78 is 4.67. The highest BCUT2D eigenvalue weighted by molar-refractivity contribution is 5.97. The second-order valence-electron chi connectivity index (χ2n) is 5.48. The Kier molecular flexibility index (Phi) is 5.93. The summed E-state index contributed by atoms with van der Waals surface area (Å²) in [6, 6.07) is 8.58. The van der Waals surface area contributed by atoms with E-state index in [1.54, 1.807) is 29.2 Å². The van der Waals surface area contributed by atoms with Crippen LogP contribution in [0.4, 0.5) is 5.69 Å². The minimum Gasteiger partial charge on any atom is -0.465 e. The molecule has 1 aliphatic rings. The summed E-state index contributed by atoms with van der Waals surface area (Å²) in [5.41, 5.74) is 1.01. The number of hydrogen-bond donors (Lipinski definition) is 1. The lowest BCUT2D eigenvalue weighted by Crippen LogP contribution is -2.47. The SMILES string of the molecule is COC(=O)c1cccc(N/C=C(/C#N)C(=O)N2CCN(C)CC2)c1. The maximum atomic E-state index is 12.4. The van der Waals surface area contributed by atoms with Crippen LogP contribution in [-0.2, 0) is 9.53 Å². The van der Waals surface area contributed by atoms with Gasteiger partial charge in [0.25, 0.3) is 5.91 Å². The summed E-state index contributed by atoms with van der Waals surface area (Å²) in [7, 11) is 3.31. The number of amides is 1. The number of benzene rings is 1. The lowest BCUT2D eigenvalue weighted by molar-refractivity contribution is -0.128. The Balaban J connectivity index is 2.07. The number of carbonyl (C=O) groups is 2. The van der Waals surface area contributed by atoms with Gasteiger partial charge in [0.2, 0.25) is 0 Å². The number of rotatable bonds is 4. The zero-order valence-electron chi connectivity index (χ0n) is 13.8. The first-order valence-electron chi connectivity index (χ1n) is 7.58. The van der Waals surface area contributed by atoms with Crippen LogP contribution in [-0.4, -0.2) is 62.0 Å². The summed E-state index contributed by atoms with van der Waals surface area (Å²) in [5.74, 6) is -0.737. The Hall–Kier alpha value is -2.85. The predicted molar refractivity (Wildman–Crippen MR) is 89.2 cm³/mol. The monoisotopic (exact) mass is 328 g/mol. The number of carbonyl (C=O) groups excluding carboxylic acids is 2. The van der Waals surface area contributed by atoms with Gasteiger partial charge in [0.15, 0.2) is 0 Å². The van der Waals surface area contributed by atoms with E-state index >= 15 is 0 Å². The first-order valence-corrected chi connectivity index (χ1v) is 7.58. The lowest BCUT2D eigenvalue weighted by atomic mass is 10.2. The molecule has 7 heteroatoms. The molecule has 0 spiro atoms. The van der Waals surface area contributed by atoms with Crippen molar-refractivity contribution in [3.05, 3.63) is 41.6 Å². The molecule has 7 nitrogen and oxygen atoms in total. The van der Waals surface area contributed by atoms with Crippen LogP contribution in [0, 0.1) is 11.3 Å². The fraction of sp³-hybridized carbons (Fsp3) is 0.353. The van der Waals surface area contributed by atoms with E-state index in [2.05, 4.69) is 15.0 Å². The second kappa shape index (κ2) is 8.13. The zero-order chi connectivity index (χ0) is 17.5. The average Bonchev–Trinajstić information content (AvgIpc) is 2.62. The quantitative estimate of drug-likeness (QED) is 0.505. The smallest absolute Gasteiger partial charge is 0.337 e. The summed E-state index contributed by atoms with van der Waals surface area (Å²) in [5, 5.41) is 12.1. The molecule has 1 aromatic carbocycles. The van der Waals surface area contributed by atoms with Crippen LogP contribution in [0.25, 0.3) is 0 Å². The number of methoxy groups -OCH3 is 1. The number of nitrogens with zero attached hydrogens (tertiary/aromatic N) is 3. The predicted octanol–water partition coefficient (Wildman–Crippen LogP) is 1.07. The van der Waals surface area contributed by atoms with Gasteiger partial charge in [-0.15, -0.1) is 0 Å². The Bertz CT molecular complexity index is 685. The molecule has 0 aliphatic carbocycles. The van der Waals surface area contributed by atoms with E-state index in [1.165, 1.54) is 13.3 Å². The molecule has 0 aromatic heterocycles. The maximum absolute atomic E-state index is 12.4. The molecule has 0 bridgehead atoms. The van der Waals surface area contributed by atoms with E-state index in [4.69, 9.17) is 0 Å². The number of likely N-dealkylation sites (N-methyl/N-ethyl adjacent to an activating group) is 1. The molecule has 1 amide bonds. The zero-order valence-corrected chi connectivity index (χ0v) is 13.8. The molecule has 1 heterocycles. The molecule has 126 valence electrons. The fourth-order valence-corrected chi connectivity index (χ4v) is 2.33. The van der Waals surface area contributed by atoms with E-state index in [9.17, 15) is 14.9 Å². The van der Waals surface area contributed by atoms with E-state index < -0.39 is 5.97 Å². The third-order valence-corrected chi connectivity index (χ3v) is 3.81. The molecule has 0 radical (unpaired) electrons. The standard InChI is InChI=1S/C17H20N4O3/c1-20-6-8-21(9-7-20)16(22)14(11-18)12-19-15-5-3-4-13(10-15)17(23)24-2/h3-5,10,12,19H,6-9H2,1-2H3/b14-12-. The maximum Gasteiger partial charge on any atom is 0.337 e. The minimum atomic E-state index is -0.448. The van der Waals surface area contributed by atoms with Crippen LogP contribution in [0.15, 0.2) is 36.0 Å². The first kappa shape index (κ1) is 17.5. The van der Waals surface area contributed by atoms with E-state index in [-0.39, 0.29) is 11.5 Å².